The first-order chi connectivity index (χ1) is 12.0. The molecule has 0 spiro atoms. The number of aryl methyl sites for hydroxylation is 1. The second-order valence-corrected chi connectivity index (χ2v) is 5.66. The van der Waals surface area contributed by atoms with Crippen LogP contribution in [0.2, 0.25) is 5.02 Å². The third-order valence-electron chi connectivity index (χ3n) is 3.34. The van der Waals surface area contributed by atoms with Crippen LogP contribution in [-0.4, -0.2) is 24.8 Å². The molecule has 0 saturated heterocycles. The number of nitrogens with one attached hydrogen (secondary N) is 2. The molecule has 7 nitrogen and oxygen atoms in total. The van der Waals surface area contributed by atoms with Crippen LogP contribution in [-0.2, 0) is 9.59 Å². The first kappa shape index (κ1) is 16.8. The maximum Gasteiger partial charge on any atom is 0.329 e. The number of hydrazone groups is 1. The highest BCUT2D eigenvalue weighted by molar-refractivity contribution is 6.39. The number of rotatable bonds is 3. The minimum atomic E-state index is -0.885. The first-order valence-electron chi connectivity index (χ1n) is 7.33. The molecule has 2 aromatic carbocycles. The lowest BCUT2D eigenvalue weighted by atomic mass is 10.2. The SMILES string of the molecule is Cc1ccc(NC(=O)C(=O)N/N=C\c2cc(Cl)c3c(c2)OCO3)cc1. The summed E-state index contributed by atoms with van der Waals surface area (Å²) < 4.78 is 10.4. The Kier molecular flexibility index (Phi) is 4.85. The summed E-state index contributed by atoms with van der Waals surface area (Å²) >= 11 is 6.05. The van der Waals surface area contributed by atoms with Crippen LogP contribution in [0.15, 0.2) is 41.5 Å². The van der Waals surface area contributed by atoms with E-state index >= 15 is 0 Å². The zero-order valence-corrected chi connectivity index (χ0v) is 14.0. The van der Waals surface area contributed by atoms with Gasteiger partial charge in [-0.15, -0.1) is 0 Å². The van der Waals surface area contributed by atoms with Crippen LogP contribution < -0.4 is 20.2 Å². The van der Waals surface area contributed by atoms with Crippen molar-refractivity contribution in [3.8, 4) is 11.5 Å². The van der Waals surface area contributed by atoms with Gasteiger partial charge in [0.05, 0.1) is 11.2 Å². The van der Waals surface area contributed by atoms with E-state index in [0.29, 0.717) is 27.8 Å². The molecule has 25 heavy (non-hydrogen) atoms. The number of fused-ring (bicyclic) bond motifs is 1. The standard InChI is InChI=1S/C17H14ClN3O4/c1-10-2-4-12(5-3-10)20-16(22)17(23)21-19-8-11-6-13(18)15-14(7-11)24-9-25-15/h2-8H,9H2,1H3,(H,20,22)(H,21,23)/b19-8-. The molecule has 0 atom stereocenters. The molecule has 0 saturated carbocycles. The van der Waals surface area contributed by atoms with Crippen LogP contribution in [0.5, 0.6) is 11.5 Å². The summed E-state index contributed by atoms with van der Waals surface area (Å²) in [4.78, 5) is 23.5. The predicted octanol–water partition coefficient (Wildman–Crippen LogP) is 2.47. The first-order valence-corrected chi connectivity index (χ1v) is 7.71. The molecule has 0 unspecified atom stereocenters. The number of ether oxygens (including phenoxy) is 2. The van der Waals surface area contributed by atoms with E-state index in [-0.39, 0.29) is 6.79 Å². The highest BCUT2D eigenvalue weighted by Gasteiger charge is 2.18. The second-order valence-electron chi connectivity index (χ2n) is 5.26. The molecule has 8 heteroatoms. The average molecular weight is 360 g/mol. The van der Waals surface area contributed by atoms with Gasteiger partial charge in [-0.05, 0) is 36.8 Å². The van der Waals surface area contributed by atoms with Crippen LogP contribution in [0, 0.1) is 6.92 Å². The minimum Gasteiger partial charge on any atom is -0.454 e. The maximum absolute atomic E-state index is 11.8. The van der Waals surface area contributed by atoms with Crippen molar-refractivity contribution >= 4 is 35.3 Å². The summed E-state index contributed by atoms with van der Waals surface area (Å²) in [5.74, 6) is -0.730. The van der Waals surface area contributed by atoms with E-state index in [1.54, 1.807) is 24.3 Å². The van der Waals surface area contributed by atoms with E-state index in [2.05, 4.69) is 15.8 Å². The molecule has 1 heterocycles. The lowest BCUT2D eigenvalue weighted by molar-refractivity contribution is -0.136. The number of anilines is 1. The summed E-state index contributed by atoms with van der Waals surface area (Å²) in [5.41, 5.74) is 4.32. The third-order valence-corrected chi connectivity index (χ3v) is 3.63. The van der Waals surface area contributed by atoms with Gasteiger partial charge in [0.1, 0.15) is 0 Å². The topological polar surface area (TPSA) is 89.0 Å². The number of hydrogen-bond donors (Lipinski definition) is 2. The van der Waals surface area contributed by atoms with Crippen LogP contribution in [0.4, 0.5) is 5.69 Å². The zero-order chi connectivity index (χ0) is 17.8. The van der Waals surface area contributed by atoms with Crippen LogP contribution in [0.3, 0.4) is 0 Å². The monoisotopic (exact) mass is 359 g/mol. The van der Waals surface area contributed by atoms with Crippen molar-refractivity contribution < 1.29 is 19.1 Å². The molecule has 3 rings (SSSR count). The Morgan fingerprint density at radius 3 is 2.68 bits per heavy atom. The molecule has 0 aromatic heterocycles. The summed E-state index contributed by atoms with van der Waals surface area (Å²) in [6.45, 7) is 2.03. The summed E-state index contributed by atoms with van der Waals surface area (Å²) in [5, 5.41) is 6.60. The highest BCUT2D eigenvalue weighted by Crippen LogP contribution is 2.39. The third kappa shape index (κ3) is 4.07. The smallest absolute Gasteiger partial charge is 0.329 e. The Morgan fingerprint density at radius 2 is 1.92 bits per heavy atom. The normalized spacial score (nSPS) is 12.2. The Labute approximate surface area is 148 Å². The van der Waals surface area contributed by atoms with E-state index in [1.165, 1.54) is 6.21 Å². The molecule has 2 N–H and O–H groups in total. The largest absolute Gasteiger partial charge is 0.454 e. The number of carbonyl (C=O) groups excluding carboxylic acids is 2. The molecular formula is C17H14ClN3O4. The molecule has 0 radical (unpaired) electrons. The Morgan fingerprint density at radius 1 is 1.16 bits per heavy atom. The summed E-state index contributed by atoms with van der Waals surface area (Å²) in [6.07, 6.45) is 1.35. The van der Waals surface area contributed by atoms with Gasteiger partial charge in [0.2, 0.25) is 6.79 Å². The number of benzene rings is 2. The fraction of sp³-hybridized carbons (Fsp3) is 0.118. The van der Waals surface area contributed by atoms with Crippen LogP contribution >= 0.6 is 11.6 Å². The summed E-state index contributed by atoms with van der Waals surface area (Å²) in [6, 6.07) is 10.3. The van der Waals surface area contributed by atoms with E-state index in [1.807, 2.05) is 19.1 Å². The fourth-order valence-electron chi connectivity index (χ4n) is 2.10. The van der Waals surface area contributed by atoms with E-state index in [4.69, 9.17) is 21.1 Å². The van der Waals surface area contributed by atoms with Crippen molar-refractivity contribution in [1.82, 2.24) is 5.43 Å². The molecule has 2 amide bonds. The number of amides is 2. The molecule has 1 aliphatic rings. The summed E-state index contributed by atoms with van der Waals surface area (Å²) in [7, 11) is 0. The van der Waals surface area contributed by atoms with Crippen LogP contribution in [0.25, 0.3) is 0 Å². The van der Waals surface area contributed by atoms with E-state index < -0.39 is 11.8 Å². The van der Waals surface area contributed by atoms with E-state index in [0.717, 1.165) is 5.56 Å². The zero-order valence-electron chi connectivity index (χ0n) is 13.2. The number of nitrogens with zero attached hydrogens (tertiary/aromatic N) is 1. The Hall–Kier alpha value is -3.06. The van der Waals surface area contributed by atoms with Crippen molar-refractivity contribution in [2.24, 2.45) is 5.10 Å². The van der Waals surface area contributed by atoms with Crippen molar-refractivity contribution in [1.29, 1.82) is 0 Å². The lowest BCUT2D eigenvalue weighted by Gasteiger charge is -2.04. The van der Waals surface area contributed by atoms with Crippen molar-refractivity contribution in [3.63, 3.8) is 0 Å². The van der Waals surface area contributed by atoms with Crippen LogP contribution in [0.1, 0.15) is 11.1 Å². The quantitative estimate of drug-likeness (QED) is 0.500. The average Bonchev–Trinajstić information content (AvgIpc) is 3.06. The maximum atomic E-state index is 11.8. The molecule has 0 bridgehead atoms. The second kappa shape index (κ2) is 7.23. The van der Waals surface area contributed by atoms with Gasteiger partial charge in [-0.2, -0.15) is 5.10 Å². The number of halogens is 1. The molecule has 1 aliphatic heterocycles. The number of carbonyl (C=O) groups is 2. The molecule has 2 aromatic rings. The van der Waals surface area contributed by atoms with Gasteiger partial charge in [-0.1, -0.05) is 29.3 Å². The highest BCUT2D eigenvalue weighted by atomic mass is 35.5. The molecule has 128 valence electrons. The van der Waals surface area contributed by atoms with Gasteiger partial charge in [0.25, 0.3) is 0 Å². The Bertz CT molecular complexity index is 850. The molecular weight excluding hydrogens is 346 g/mol. The van der Waals surface area contributed by atoms with Gasteiger partial charge in [-0.3, -0.25) is 9.59 Å². The van der Waals surface area contributed by atoms with Crippen molar-refractivity contribution in [2.45, 2.75) is 6.92 Å². The lowest BCUT2D eigenvalue weighted by Crippen LogP contribution is -2.32. The van der Waals surface area contributed by atoms with Crippen molar-refractivity contribution in [3.05, 3.63) is 52.5 Å². The van der Waals surface area contributed by atoms with Gasteiger partial charge in [0, 0.05) is 5.69 Å². The molecule has 0 aliphatic carbocycles. The van der Waals surface area contributed by atoms with Gasteiger partial charge >= 0.3 is 11.8 Å². The van der Waals surface area contributed by atoms with Crippen molar-refractivity contribution in [2.75, 3.05) is 12.1 Å². The van der Waals surface area contributed by atoms with Gasteiger partial charge in [-0.25, -0.2) is 5.43 Å². The minimum absolute atomic E-state index is 0.103. The van der Waals surface area contributed by atoms with E-state index in [9.17, 15) is 9.59 Å². The number of hydrogen-bond acceptors (Lipinski definition) is 5. The fourth-order valence-corrected chi connectivity index (χ4v) is 2.38. The Balaban J connectivity index is 1.58. The molecule has 0 fully saturated rings. The predicted molar refractivity (Wildman–Crippen MR) is 93.1 cm³/mol. The van der Waals surface area contributed by atoms with Gasteiger partial charge in [0.15, 0.2) is 11.5 Å². The van der Waals surface area contributed by atoms with Gasteiger partial charge < -0.3 is 14.8 Å².